The number of fused-ring (bicyclic) bond motifs is 1. The van der Waals surface area contributed by atoms with Gasteiger partial charge in [-0.15, -0.1) is 0 Å². The fourth-order valence-corrected chi connectivity index (χ4v) is 1.71. The summed E-state index contributed by atoms with van der Waals surface area (Å²) in [4.78, 5) is 11.4. The van der Waals surface area contributed by atoms with E-state index in [4.69, 9.17) is 11.6 Å². The Balaban J connectivity index is 2.64. The molecule has 0 unspecified atom stereocenters. The van der Waals surface area contributed by atoms with Crippen LogP contribution in [0.4, 0.5) is 0 Å². The summed E-state index contributed by atoms with van der Waals surface area (Å²) in [6, 6.07) is 5.27. The lowest BCUT2D eigenvalue weighted by Crippen LogP contribution is -2.00. The topological polar surface area (TPSA) is 45.8 Å². The van der Waals surface area contributed by atoms with E-state index in [0.717, 1.165) is 10.9 Å². The maximum Gasteiger partial charge on any atom is 0.194 e. The van der Waals surface area contributed by atoms with Gasteiger partial charge in [0, 0.05) is 10.4 Å². The first kappa shape index (κ1) is 9.68. The van der Waals surface area contributed by atoms with Crippen molar-refractivity contribution < 1.29 is 4.79 Å². The van der Waals surface area contributed by atoms with Crippen LogP contribution in [-0.4, -0.2) is 21.3 Å². The van der Waals surface area contributed by atoms with Gasteiger partial charge in [0.05, 0.1) is 10.8 Å². The Morgan fingerprint density at radius 3 is 3.07 bits per heavy atom. The van der Waals surface area contributed by atoms with Gasteiger partial charge in [0.25, 0.3) is 0 Å². The molecule has 0 saturated carbocycles. The van der Waals surface area contributed by atoms with Gasteiger partial charge in [-0.25, -0.2) is 0 Å². The highest BCUT2D eigenvalue weighted by atomic mass is 79.9. The number of benzene rings is 1. The van der Waals surface area contributed by atoms with E-state index < -0.39 is 0 Å². The van der Waals surface area contributed by atoms with Gasteiger partial charge in [0.1, 0.15) is 5.69 Å². The Morgan fingerprint density at radius 1 is 1.57 bits per heavy atom. The molecule has 0 aliphatic rings. The zero-order valence-corrected chi connectivity index (χ0v) is 9.39. The molecule has 2 rings (SSSR count). The molecule has 1 heterocycles. The number of rotatable bonds is 2. The number of hydrogen-bond donors (Lipinski definition) is 1. The first-order chi connectivity index (χ1) is 6.72. The zero-order chi connectivity index (χ0) is 10.1. The van der Waals surface area contributed by atoms with Crippen molar-refractivity contribution in [3.63, 3.8) is 0 Å². The Kier molecular flexibility index (Phi) is 2.56. The van der Waals surface area contributed by atoms with Crippen LogP contribution in [-0.2, 0) is 0 Å². The number of nitrogens with zero attached hydrogens (tertiary/aromatic N) is 1. The van der Waals surface area contributed by atoms with E-state index in [1.54, 1.807) is 18.2 Å². The molecule has 0 bridgehead atoms. The highest BCUT2D eigenvalue weighted by Crippen LogP contribution is 2.20. The Labute approximate surface area is 93.6 Å². The van der Waals surface area contributed by atoms with Gasteiger partial charge in [-0.2, -0.15) is 5.10 Å². The number of carbonyl (C=O) groups is 1. The molecule has 1 aromatic carbocycles. The first-order valence-electron chi connectivity index (χ1n) is 3.95. The lowest BCUT2D eigenvalue weighted by molar-refractivity contribution is 0.102. The number of nitrogens with one attached hydrogen (secondary N) is 1. The molecule has 5 heteroatoms. The van der Waals surface area contributed by atoms with E-state index in [2.05, 4.69) is 26.1 Å². The number of aromatic amines is 1. The Morgan fingerprint density at radius 2 is 2.36 bits per heavy atom. The van der Waals surface area contributed by atoms with Crippen LogP contribution >= 0.6 is 27.5 Å². The van der Waals surface area contributed by atoms with E-state index in [0.29, 0.717) is 10.7 Å². The molecule has 0 fully saturated rings. The van der Waals surface area contributed by atoms with Gasteiger partial charge in [0.2, 0.25) is 0 Å². The molecule has 14 heavy (non-hydrogen) atoms. The van der Waals surface area contributed by atoms with Crippen molar-refractivity contribution in [1.29, 1.82) is 0 Å². The maximum absolute atomic E-state index is 11.4. The molecule has 1 aromatic heterocycles. The molecule has 0 saturated heterocycles. The first-order valence-corrected chi connectivity index (χ1v) is 5.45. The number of H-pyrrole nitrogens is 1. The van der Waals surface area contributed by atoms with Crippen molar-refractivity contribution in [2.45, 2.75) is 0 Å². The Hall–Kier alpha value is -0.870. The maximum atomic E-state index is 11.4. The average molecular weight is 274 g/mol. The molecule has 0 spiro atoms. The normalized spacial score (nSPS) is 10.7. The number of aromatic nitrogens is 2. The van der Waals surface area contributed by atoms with Crippen LogP contribution in [0.5, 0.6) is 0 Å². The van der Waals surface area contributed by atoms with Crippen LogP contribution in [0.3, 0.4) is 0 Å². The van der Waals surface area contributed by atoms with Crippen molar-refractivity contribution in [2.24, 2.45) is 0 Å². The van der Waals surface area contributed by atoms with Crippen molar-refractivity contribution >= 4 is 44.2 Å². The zero-order valence-electron chi connectivity index (χ0n) is 7.05. The predicted octanol–water partition coefficient (Wildman–Crippen LogP) is 2.79. The quantitative estimate of drug-likeness (QED) is 0.675. The predicted molar refractivity (Wildman–Crippen MR) is 59.2 cm³/mol. The van der Waals surface area contributed by atoms with E-state index in [-0.39, 0.29) is 11.1 Å². The summed E-state index contributed by atoms with van der Waals surface area (Å²) in [5.74, 6) is -0.0430. The Bertz CT molecular complexity index is 495. The number of halogens is 2. The van der Waals surface area contributed by atoms with E-state index in [9.17, 15) is 4.79 Å². The summed E-state index contributed by atoms with van der Waals surface area (Å²) in [6.07, 6.45) is 0. The molecule has 0 radical (unpaired) electrons. The van der Waals surface area contributed by atoms with Crippen LogP contribution in [0, 0.1) is 0 Å². The SMILES string of the molecule is O=C(CBr)c1n[nH]c2cc(Cl)ccc12. The smallest absolute Gasteiger partial charge is 0.194 e. The third kappa shape index (κ3) is 1.55. The second kappa shape index (κ2) is 3.71. The summed E-state index contributed by atoms with van der Waals surface area (Å²) in [6.45, 7) is 0. The van der Waals surface area contributed by atoms with Crippen molar-refractivity contribution in [1.82, 2.24) is 10.2 Å². The third-order valence-corrected chi connectivity index (χ3v) is 2.65. The number of hydrogen-bond acceptors (Lipinski definition) is 2. The van der Waals surface area contributed by atoms with Crippen molar-refractivity contribution in [3.05, 3.63) is 28.9 Å². The summed E-state index contributed by atoms with van der Waals surface area (Å²) in [7, 11) is 0. The molecule has 0 amide bonds. The number of carbonyl (C=O) groups excluding carboxylic acids is 1. The number of ketones is 1. The van der Waals surface area contributed by atoms with Gasteiger partial charge in [-0.3, -0.25) is 9.89 Å². The summed E-state index contributed by atoms with van der Waals surface area (Å²) in [5.41, 5.74) is 1.23. The van der Waals surface area contributed by atoms with Crippen LogP contribution in [0.2, 0.25) is 5.02 Å². The molecule has 0 aliphatic carbocycles. The fourth-order valence-electron chi connectivity index (χ4n) is 1.27. The standard InChI is InChI=1S/C9H6BrClN2O/c10-4-8(14)9-6-2-1-5(11)3-7(6)12-13-9/h1-3H,4H2,(H,12,13). The van der Waals surface area contributed by atoms with Crippen molar-refractivity contribution in [2.75, 3.05) is 5.33 Å². The van der Waals surface area contributed by atoms with Gasteiger partial charge in [-0.05, 0) is 18.2 Å². The molecular formula is C9H6BrClN2O. The van der Waals surface area contributed by atoms with Crippen LogP contribution in [0.15, 0.2) is 18.2 Å². The highest BCUT2D eigenvalue weighted by Gasteiger charge is 2.12. The average Bonchev–Trinajstić information content (AvgIpc) is 2.59. The lowest BCUT2D eigenvalue weighted by atomic mass is 10.2. The van der Waals surface area contributed by atoms with E-state index in [1.165, 1.54) is 0 Å². The summed E-state index contributed by atoms with van der Waals surface area (Å²) >= 11 is 8.91. The number of alkyl halides is 1. The van der Waals surface area contributed by atoms with Gasteiger partial charge in [-0.1, -0.05) is 27.5 Å². The van der Waals surface area contributed by atoms with Gasteiger partial charge in [0.15, 0.2) is 5.78 Å². The number of Topliss-reactive ketones (excluding diaryl/α,β-unsaturated/α-hetero) is 1. The third-order valence-electron chi connectivity index (χ3n) is 1.91. The molecule has 72 valence electrons. The van der Waals surface area contributed by atoms with E-state index >= 15 is 0 Å². The minimum Gasteiger partial charge on any atom is -0.291 e. The lowest BCUT2D eigenvalue weighted by Gasteiger charge is -1.92. The second-order valence-electron chi connectivity index (χ2n) is 2.82. The fraction of sp³-hybridized carbons (Fsp3) is 0.111. The molecule has 3 nitrogen and oxygen atoms in total. The molecule has 0 atom stereocenters. The molecular weight excluding hydrogens is 267 g/mol. The van der Waals surface area contributed by atoms with Crippen LogP contribution in [0.25, 0.3) is 10.9 Å². The monoisotopic (exact) mass is 272 g/mol. The van der Waals surface area contributed by atoms with Crippen LogP contribution < -0.4 is 0 Å². The summed E-state index contributed by atoms with van der Waals surface area (Å²) in [5, 5.41) is 8.41. The minimum atomic E-state index is -0.0430. The molecule has 0 aliphatic heterocycles. The van der Waals surface area contributed by atoms with Crippen LogP contribution in [0.1, 0.15) is 10.5 Å². The second-order valence-corrected chi connectivity index (χ2v) is 3.82. The highest BCUT2D eigenvalue weighted by molar-refractivity contribution is 9.09. The van der Waals surface area contributed by atoms with E-state index in [1.807, 2.05) is 0 Å². The minimum absolute atomic E-state index is 0.0430. The molecule has 2 aromatic rings. The van der Waals surface area contributed by atoms with Gasteiger partial charge >= 0.3 is 0 Å². The van der Waals surface area contributed by atoms with Gasteiger partial charge < -0.3 is 0 Å². The largest absolute Gasteiger partial charge is 0.291 e. The molecule has 1 N–H and O–H groups in total. The van der Waals surface area contributed by atoms with Crippen molar-refractivity contribution in [3.8, 4) is 0 Å². The summed E-state index contributed by atoms with van der Waals surface area (Å²) < 4.78 is 0.